The Labute approximate surface area is 118 Å². The molecule has 0 bridgehead atoms. The molecule has 6 nitrogen and oxygen atoms in total. The maximum atomic E-state index is 12.4. The third-order valence-corrected chi connectivity index (χ3v) is 4.28. The van der Waals surface area contributed by atoms with E-state index < -0.39 is 5.97 Å². The molecular formula is C14H22N2O4. The summed E-state index contributed by atoms with van der Waals surface area (Å²) in [6.45, 7) is 3.97. The normalized spacial score (nSPS) is 26.6. The maximum absolute atomic E-state index is 12.4. The van der Waals surface area contributed by atoms with Crippen molar-refractivity contribution in [2.75, 3.05) is 26.2 Å². The van der Waals surface area contributed by atoms with Gasteiger partial charge >= 0.3 is 5.97 Å². The van der Waals surface area contributed by atoms with E-state index >= 15 is 0 Å². The van der Waals surface area contributed by atoms with Crippen LogP contribution in [0, 0.1) is 11.8 Å². The fraction of sp³-hybridized carbons (Fsp3) is 0.786. The summed E-state index contributed by atoms with van der Waals surface area (Å²) in [6, 6.07) is 0. The highest BCUT2D eigenvalue weighted by atomic mass is 16.4. The zero-order valence-electron chi connectivity index (χ0n) is 11.9. The summed E-state index contributed by atoms with van der Waals surface area (Å²) < 4.78 is 0. The number of rotatable bonds is 3. The van der Waals surface area contributed by atoms with Crippen LogP contribution in [0.2, 0.25) is 0 Å². The van der Waals surface area contributed by atoms with Crippen LogP contribution >= 0.6 is 0 Å². The molecule has 2 amide bonds. The van der Waals surface area contributed by atoms with Gasteiger partial charge in [-0.25, -0.2) is 0 Å². The van der Waals surface area contributed by atoms with Gasteiger partial charge in [0, 0.05) is 39.5 Å². The lowest BCUT2D eigenvalue weighted by atomic mass is 9.96. The van der Waals surface area contributed by atoms with Gasteiger partial charge in [-0.05, 0) is 25.2 Å². The Kier molecular flexibility index (Phi) is 4.62. The summed E-state index contributed by atoms with van der Waals surface area (Å²) in [5, 5.41) is 8.80. The Morgan fingerprint density at radius 3 is 2.50 bits per heavy atom. The van der Waals surface area contributed by atoms with Crippen molar-refractivity contribution in [1.82, 2.24) is 9.80 Å². The lowest BCUT2D eigenvalue weighted by Gasteiger charge is -2.33. The highest BCUT2D eigenvalue weighted by Gasteiger charge is 2.34. The Balaban J connectivity index is 1.88. The predicted octanol–water partition coefficient (Wildman–Crippen LogP) is 0.568. The standard InChI is InChI=1S/C14H22N2O4/c1-10(17)15-5-2-3-12(9-15)14(20)16-6-4-11(8-16)7-13(18)19/h11-12H,2-9H2,1H3,(H,18,19). The molecule has 112 valence electrons. The molecule has 2 saturated heterocycles. The lowest BCUT2D eigenvalue weighted by Crippen LogP contribution is -2.45. The molecule has 6 heteroatoms. The molecule has 0 aromatic carbocycles. The van der Waals surface area contributed by atoms with Crippen LogP contribution in [-0.4, -0.2) is 58.9 Å². The Bertz CT molecular complexity index is 410. The molecule has 20 heavy (non-hydrogen) atoms. The van der Waals surface area contributed by atoms with Gasteiger partial charge in [-0.3, -0.25) is 14.4 Å². The monoisotopic (exact) mass is 282 g/mol. The van der Waals surface area contributed by atoms with Crippen LogP contribution in [0.1, 0.15) is 32.6 Å². The first-order chi connectivity index (χ1) is 9.47. The summed E-state index contributed by atoms with van der Waals surface area (Å²) in [6.07, 6.45) is 2.58. The number of piperidine rings is 1. The molecule has 2 rings (SSSR count). The van der Waals surface area contributed by atoms with Crippen LogP contribution in [0.25, 0.3) is 0 Å². The van der Waals surface area contributed by atoms with Crippen molar-refractivity contribution in [2.45, 2.75) is 32.6 Å². The second kappa shape index (κ2) is 6.24. The number of amides is 2. The van der Waals surface area contributed by atoms with Gasteiger partial charge in [-0.2, -0.15) is 0 Å². The number of hydrogen-bond acceptors (Lipinski definition) is 3. The lowest BCUT2D eigenvalue weighted by molar-refractivity contribution is -0.141. The van der Waals surface area contributed by atoms with Crippen molar-refractivity contribution in [3.63, 3.8) is 0 Å². The van der Waals surface area contributed by atoms with Gasteiger partial charge in [0.25, 0.3) is 0 Å². The van der Waals surface area contributed by atoms with Crippen molar-refractivity contribution in [3.05, 3.63) is 0 Å². The number of carboxylic acids is 1. The average molecular weight is 282 g/mol. The van der Waals surface area contributed by atoms with Crippen LogP contribution in [0.3, 0.4) is 0 Å². The number of carbonyl (C=O) groups excluding carboxylic acids is 2. The predicted molar refractivity (Wildman–Crippen MR) is 71.9 cm³/mol. The fourth-order valence-corrected chi connectivity index (χ4v) is 3.17. The number of hydrogen-bond donors (Lipinski definition) is 1. The molecule has 2 atom stereocenters. The summed E-state index contributed by atoms with van der Waals surface area (Å²) >= 11 is 0. The molecule has 0 spiro atoms. The summed E-state index contributed by atoms with van der Waals surface area (Å²) in [5.41, 5.74) is 0. The van der Waals surface area contributed by atoms with E-state index in [-0.39, 0.29) is 30.1 Å². The topological polar surface area (TPSA) is 77.9 Å². The molecule has 1 N–H and O–H groups in total. The van der Waals surface area contributed by atoms with E-state index in [1.54, 1.807) is 9.80 Å². The largest absolute Gasteiger partial charge is 0.481 e. The first kappa shape index (κ1) is 14.8. The van der Waals surface area contributed by atoms with Crippen LogP contribution in [-0.2, 0) is 14.4 Å². The highest BCUT2D eigenvalue weighted by Crippen LogP contribution is 2.25. The third kappa shape index (κ3) is 3.49. The van der Waals surface area contributed by atoms with Gasteiger partial charge in [0.15, 0.2) is 0 Å². The minimum Gasteiger partial charge on any atom is -0.481 e. The fourth-order valence-electron chi connectivity index (χ4n) is 3.17. The first-order valence-corrected chi connectivity index (χ1v) is 7.23. The Hall–Kier alpha value is -1.59. The zero-order valence-corrected chi connectivity index (χ0v) is 11.9. The molecule has 0 radical (unpaired) electrons. The average Bonchev–Trinajstić information content (AvgIpc) is 2.85. The van der Waals surface area contributed by atoms with Gasteiger partial charge in [0.2, 0.25) is 11.8 Å². The summed E-state index contributed by atoms with van der Waals surface area (Å²) in [4.78, 5) is 38.1. The van der Waals surface area contributed by atoms with Crippen LogP contribution in [0.5, 0.6) is 0 Å². The molecule has 2 heterocycles. The highest BCUT2D eigenvalue weighted by molar-refractivity contribution is 5.81. The molecule has 0 aromatic rings. The van der Waals surface area contributed by atoms with Crippen molar-refractivity contribution < 1.29 is 19.5 Å². The molecule has 2 aliphatic heterocycles. The van der Waals surface area contributed by atoms with Crippen LogP contribution in [0.15, 0.2) is 0 Å². The zero-order chi connectivity index (χ0) is 14.7. The molecule has 0 aromatic heterocycles. The van der Waals surface area contributed by atoms with E-state index in [4.69, 9.17) is 5.11 Å². The Morgan fingerprint density at radius 2 is 1.85 bits per heavy atom. The van der Waals surface area contributed by atoms with Crippen molar-refractivity contribution in [2.24, 2.45) is 11.8 Å². The minimum atomic E-state index is -0.801. The van der Waals surface area contributed by atoms with Crippen molar-refractivity contribution >= 4 is 17.8 Å². The van der Waals surface area contributed by atoms with Gasteiger partial charge in [-0.1, -0.05) is 0 Å². The smallest absolute Gasteiger partial charge is 0.303 e. The van der Waals surface area contributed by atoms with Crippen LogP contribution in [0.4, 0.5) is 0 Å². The van der Waals surface area contributed by atoms with Gasteiger partial charge in [0.05, 0.1) is 5.92 Å². The van der Waals surface area contributed by atoms with Gasteiger partial charge in [-0.15, -0.1) is 0 Å². The minimum absolute atomic E-state index is 0.0210. The molecule has 0 saturated carbocycles. The van der Waals surface area contributed by atoms with E-state index in [9.17, 15) is 14.4 Å². The SMILES string of the molecule is CC(=O)N1CCCC(C(=O)N2CCC(CC(=O)O)C2)C1. The van der Waals surface area contributed by atoms with Gasteiger partial charge in [0.1, 0.15) is 0 Å². The number of likely N-dealkylation sites (tertiary alicyclic amines) is 2. The number of carboxylic acid groups (broad SMARTS) is 1. The maximum Gasteiger partial charge on any atom is 0.303 e. The third-order valence-electron chi connectivity index (χ3n) is 4.28. The van der Waals surface area contributed by atoms with Gasteiger partial charge < -0.3 is 14.9 Å². The second-order valence-corrected chi connectivity index (χ2v) is 5.84. The summed E-state index contributed by atoms with van der Waals surface area (Å²) in [5.74, 6) is -0.735. The van der Waals surface area contributed by atoms with E-state index in [1.165, 1.54) is 6.92 Å². The number of carbonyl (C=O) groups is 3. The molecular weight excluding hydrogens is 260 g/mol. The molecule has 2 unspecified atom stereocenters. The van der Waals surface area contributed by atoms with Crippen molar-refractivity contribution in [1.29, 1.82) is 0 Å². The van der Waals surface area contributed by atoms with E-state index in [0.717, 1.165) is 25.8 Å². The molecule has 2 fully saturated rings. The first-order valence-electron chi connectivity index (χ1n) is 7.23. The number of aliphatic carboxylic acids is 1. The molecule has 0 aliphatic carbocycles. The van der Waals surface area contributed by atoms with Crippen molar-refractivity contribution in [3.8, 4) is 0 Å². The van der Waals surface area contributed by atoms with Crippen LogP contribution < -0.4 is 0 Å². The second-order valence-electron chi connectivity index (χ2n) is 5.84. The summed E-state index contributed by atoms with van der Waals surface area (Å²) in [7, 11) is 0. The van der Waals surface area contributed by atoms with E-state index in [2.05, 4.69) is 0 Å². The number of nitrogens with zero attached hydrogens (tertiary/aromatic N) is 2. The van der Waals surface area contributed by atoms with E-state index in [1.807, 2.05) is 0 Å². The quantitative estimate of drug-likeness (QED) is 0.821. The Morgan fingerprint density at radius 1 is 1.10 bits per heavy atom. The van der Waals surface area contributed by atoms with E-state index in [0.29, 0.717) is 19.6 Å². The molecule has 2 aliphatic rings.